The number of aliphatic hydroxyl groups is 1. The van der Waals surface area contributed by atoms with Gasteiger partial charge in [0.2, 0.25) is 0 Å². The zero-order chi connectivity index (χ0) is 11.5. The Bertz CT molecular complexity index is 227. The van der Waals surface area contributed by atoms with Crippen LogP contribution in [0, 0.1) is 11.3 Å². The van der Waals surface area contributed by atoms with E-state index in [0.717, 1.165) is 25.7 Å². The number of aliphatic hydroxyl groups excluding tert-OH is 1. The molecule has 2 N–H and O–H groups in total. The molecule has 1 rings (SSSR count). The molecule has 3 atom stereocenters. The highest BCUT2D eigenvalue weighted by atomic mass is 16.4. The third-order valence-corrected chi connectivity index (χ3v) is 3.84. The Morgan fingerprint density at radius 3 is 2.60 bits per heavy atom. The second-order valence-corrected chi connectivity index (χ2v) is 4.87. The number of rotatable bonds is 5. The van der Waals surface area contributed by atoms with Crippen LogP contribution in [-0.4, -0.2) is 22.3 Å². The van der Waals surface area contributed by atoms with E-state index < -0.39 is 17.5 Å². The zero-order valence-electron chi connectivity index (χ0n) is 9.70. The van der Waals surface area contributed by atoms with E-state index in [0.29, 0.717) is 18.8 Å². The fourth-order valence-corrected chi connectivity index (χ4v) is 2.65. The van der Waals surface area contributed by atoms with Crippen molar-refractivity contribution < 1.29 is 15.0 Å². The standard InChI is InChI=1S/C12H22O3/c1-3-9-5-6-12(7-9,11(14)15)8-10(13)4-2/h9-10,13H,3-8H2,1-2H3,(H,14,15). The van der Waals surface area contributed by atoms with E-state index in [4.69, 9.17) is 0 Å². The molecule has 0 aliphatic heterocycles. The normalized spacial score (nSPS) is 32.9. The molecule has 0 bridgehead atoms. The summed E-state index contributed by atoms with van der Waals surface area (Å²) in [5, 5.41) is 18.9. The first kappa shape index (κ1) is 12.5. The molecule has 0 radical (unpaired) electrons. The molecule has 0 saturated heterocycles. The van der Waals surface area contributed by atoms with Gasteiger partial charge in [0, 0.05) is 0 Å². The lowest BCUT2D eigenvalue weighted by Crippen LogP contribution is -2.32. The van der Waals surface area contributed by atoms with Gasteiger partial charge in [-0.05, 0) is 38.0 Å². The summed E-state index contributed by atoms with van der Waals surface area (Å²) >= 11 is 0. The third-order valence-electron chi connectivity index (χ3n) is 3.84. The van der Waals surface area contributed by atoms with Gasteiger partial charge in [0.25, 0.3) is 0 Å². The van der Waals surface area contributed by atoms with Crippen LogP contribution in [0.25, 0.3) is 0 Å². The summed E-state index contributed by atoms with van der Waals surface area (Å²) in [5.74, 6) is -0.184. The van der Waals surface area contributed by atoms with Gasteiger partial charge in [-0.2, -0.15) is 0 Å². The van der Waals surface area contributed by atoms with Crippen molar-refractivity contribution in [3.8, 4) is 0 Å². The molecule has 0 aromatic heterocycles. The van der Waals surface area contributed by atoms with Gasteiger partial charge in [-0.1, -0.05) is 20.3 Å². The van der Waals surface area contributed by atoms with E-state index in [9.17, 15) is 15.0 Å². The number of carboxylic acids is 1. The summed E-state index contributed by atoms with van der Waals surface area (Å²) in [6.07, 6.45) is 4.14. The van der Waals surface area contributed by atoms with Crippen molar-refractivity contribution in [2.75, 3.05) is 0 Å². The molecule has 15 heavy (non-hydrogen) atoms. The molecule has 1 aliphatic rings. The van der Waals surface area contributed by atoms with Gasteiger partial charge >= 0.3 is 5.97 Å². The summed E-state index contributed by atoms with van der Waals surface area (Å²) in [7, 11) is 0. The predicted molar refractivity (Wildman–Crippen MR) is 58.6 cm³/mol. The summed E-state index contributed by atoms with van der Waals surface area (Å²) in [4.78, 5) is 11.3. The van der Waals surface area contributed by atoms with Crippen molar-refractivity contribution in [3.05, 3.63) is 0 Å². The van der Waals surface area contributed by atoms with Crippen molar-refractivity contribution in [1.82, 2.24) is 0 Å². The van der Waals surface area contributed by atoms with Crippen LogP contribution in [0.4, 0.5) is 0 Å². The number of hydrogen-bond acceptors (Lipinski definition) is 2. The molecule has 1 fully saturated rings. The summed E-state index contributed by atoms with van der Waals surface area (Å²) in [5.41, 5.74) is -0.643. The van der Waals surface area contributed by atoms with E-state index >= 15 is 0 Å². The van der Waals surface area contributed by atoms with Crippen molar-refractivity contribution in [2.24, 2.45) is 11.3 Å². The van der Waals surface area contributed by atoms with Crippen molar-refractivity contribution >= 4 is 5.97 Å². The van der Waals surface area contributed by atoms with Crippen LogP contribution in [0.5, 0.6) is 0 Å². The maximum Gasteiger partial charge on any atom is 0.309 e. The van der Waals surface area contributed by atoms with E-state index in [2.05, 4.69) is 6.92 Å². The number of hydrogen-bond donors (Lipinski definition) is 2. The van der Waals surface area contributed by atoms with E-state index in [1.165, 1.54) is 0 Å². The average molecular weight is 214 g/mol. The molecule has 3 heteroatoms. The van der Waals surface area contributed by atoms with Gasteiger partial charge in [-0.25, -0.2) is 0 Å². The van der Waals surface area contributed by atoms with E-state index in [-0.39, 0.29) is 0 Å². The minimum absolute atomic E-state index is 0.426. The average Bonchev–Trinajstić information content (AvgIpc) is 2.62. The van der Waals surface area contributed by atoms with Crippen LogP contribution < -0.4 is 0 Å². The Morgan fingerprint density at radius 1 is 1.53 bits per heavy atom. The molecule has 1 saturated carbocycles. The highest BCUT2D eigenvalue weighted by Crippen LogP contribution is 2.46. The third kappa shape index (κ3) is 2.71. The zero-order valence-corrected chi connectivity index (χ0v) is 9.70. The van der Waals surface area contributed by atoms with Crippen LogP contribution >= 0.6 is 0 Å². The number of aliphatic carboxylic acids is 1. The molecular formula is C12H22O3. The van der Waals surface area contributed by atoms with Gasteiger partial charge in [0.05, 0.1) is 11.5 Å². The first-order chi connectivity index (χ1) is 7.04. The Hall–Kier alpha value is -0.570. The van der Waals surface area contributed by atoms with Crippen molar-refractivity contribution in [2.45, 2.75) is 58.5 Å². The second kappa shape index (κ2) is 4.97. The fraction of sp³-hybridized carbons (Fsp3) is 0.917. The maximum absolute atomic E-state index is 11.3. The summed E-state index contributed by atoms with van der Waals surface area (Å²) in [6.45, 7) is 4.01. The Balaban J connectivity index is 2.69. The first-order valence-corrected chi connectivity index (χ1v) is 5.95. The van der Waals surface area contributed by atoms with Gasteiger partial charge in [-0.15, -0.1) is 0 Å². The lowest BCUT2D eigenvalue weighted by molar-refractivity contribution is -0.151. The highest BCUT2D eigenvalue weighted by Gasteiger charge is 2.45. The van der Waals surface area contributed by atoms with Crippen LogP contribution in [0.15, 0.2) is 0 Å². The SMILES string of the molecule is CCC(O)CC1(C(=O)O)CCC(CC)C1. The molecule has 0 spiro atoms. The van der Waals surface area contributed by atoms with Crippen molar-refractivity contribution in [1.29, 1.82) is 0 Å². The van der Waals surface area contributed by atoms with Gasteiger partial charge in [0.1, 0.15) is 0 Å². The van der Waals surface area contributed by atoms with Crippen LogP contribution in [0.3, 0.4) is 0 Å². The monoisotopic (exact) mass is 214 g/mol. The maximum atomic E-state index is 11.3. The molecule has 3 nitrogen and oxygen atoms in total. The highest BCUT2D eigenvalue weighted by molar-refractivity contribution is 5.75. The minimum atomic E-state index is -0.717. The molecule has 1 aliphatic carbocycles. The Kier molecular flexibility index (Phi) is 4.14. The molecular weight excluding hydrogens is 192 g/mol. The van der Waals surface area contributed by atoms with Crippen LogP contribution in [0.1, 0.15) is 52.4 Å². The Morgan fingerprint density at radius 2 is 2.20 bits per heavy atom. The molecule has 0 aromatic carbocycles. The van der Waals surface area contributed by atoms with Crippen LogP contribution in [-0.2, 0) is 4.79 Å². The molecule has 0 aromatic rings. The number of carbonyl (C=O) groups is 1. The first-order valence-electron chi connectivity index (χ1n) is 5.95. The largest absolute Gasteiger partial charge is 0.481 e. The Labute approximate surface area is 91.5 Å². The number of carboxylic acid groups (broad SMARTS) is 1. The smallest absolute Gasteiger partial charge is 0.309 e. The summed E-state index contributed by atoms with van der Waals surface area (Å²) in [6, 6.07) is 0. The van der Waals surface area contributed by atoms with Crippen LogP contribution in [0.2, 0.25) is 0 Å². The minimum Gasteiger partial charge on any atom is -0.481 e. The van der Waals surface area contributed by atoms with Gasteiger partial charge in [0.15, 0.2) is 0 Å². The molecule has 0 heterocycles. The summed E-state index contributed by atoms with van der Waals surface area (Å²) < 4.78 is 0. The fourth-order valence-electron chi connectivity index (χ4n) is 2.65. The molecule has 0 amide bonds. The van der Waals surface area contributed by atoms with E-state index in [1.54, 1.807) is 0 Å². The predicted octanol–water partition coefficient (Wildman–Crippen LogP) is 2.43. The van der Waals surface area contributed by atoms with E-state index in [1.807, 2.05) is 6.92 Å². The molecule has 3 unspecified atom stereocenters. The topological polar surface area (TPSA) is 57.5 Å². The van der Waals surface area contributed by atoms with Crippen molar-refractivity contribution in [3.63, 3.8) is 0 Å². The lowest BCUT2D eigenvalue weighted by atomic mass is 9.79. The lowest BCUT2D eigenvalue weighted by Gasteiger charge is -2.26. The molecule has 88 valence electrons. The van der Waals surface area contributed by atoms with Gasteiger partial charge < -0.3 is 10.2 Å². The van der Waals surface area contributed by atoms with Gasteiger partial charge in [-0.3, -0.25) is 4.79 Å². The second-order valence-electron chi connectivity index (χ2n) is 4.87. The quantitative estimate of drug-likeness (QED) is 0.739.